The van der Waals surface area contributed by atoms with Gasteiger partial charge >= 0.3 is 12.0 Å². The van der Waals surface area contributed by atoms with Crippen LogP contribution in [-0.2, 0) is 4.79 Å². The molecule has 3 heterocycles. The fourth-order valence-corrected chi connectivity index (χ4v) is 3.37. The van der Waals surface area contributed by atoms with Crippen molar-refractivity contribution >= 4 is 23.7 Å². The first-order valence-electron chi connectivity index (χ1n) is 8.09. The second-order valence-corrected chi connectivity index (χ2v) is 6.52. The predicted molar refractivity (Wildman–Crippen MR) is 87.5 cm³/mol. The lowest BCUT2D eigenvalue weighted by atomic mass is 10.0. The fourth-order valence-electron chi connectivity index (χ4n) is 3.37. The molecule has 0 aromatic carbocycles. The number of carbonyl (C=O) groups is 2. The Morgan fingerprint density at radius 2 is 1.91 bits per heavy atom. The van der Waals surface area contributed by atoms with Gasteiger partial charge in [-0.1, -0.05) is 24.6 Å². The number of guanidine groups is 1. The molecule has 3 amide bonds. The highest BCUT2D eigenvalue weighted by atomic mass is 16.2. The minimum Gasteiger partial charge on any atom is -0.270 e. The Labute approximate surface area is 136 Å². The summed E-state index contributed by atoms with van der Waals surface area (Å²) in [4.78, 5) is 34.0. The van der Waals surface area contributed by atoms with E-state index in [4.69, 9.17) is 0 Å². The van der Waals surface area contributed by atoms with Gasteiger partial charge in [-0.15, -0.1) is 0 Å². The van der Waals surface area contributed by atoms with Crippen molar-refractivity contribution in [2.75, 3.05) is 33.7 Å². The standard InChI is InChI=1S/C16H24N5O2/c1-5-8-21-12-13(18(3)16(23)19(4)14(12)22)17-15(21)20-9-6-11(2)7-10-20/h5,11-12H,1,6-10H2,2-4H3/q+1. The average Bonchev–Trinajstić information content (AvgIpc) is 2.91. The fraction of sp³-hybridized carbons (Fsp3) is 0.625. The number of urea groups is 1. The van der Waals surface area contributed by atoms with Gasteiger partial charge in [-0.2, -0.15) is 0 Å². The van der Waals surface area contributed by atoms with Crippen molar-refractivity contribution in [2.24, 2.45) is 10.9 Å². The van der Waals surface area contributed by atoms with Crippen LogP contribution in [0.2, 0.25) is 0 Å². The Hall–Kier alpha value is -2.18. The molecule has 23 heavy (non-hydrogen) atoms. The number of hydrogen-bond acceptors (Lipinski definition) is 2. The van der Waals surface area contributed by atoms with E-state index in [1.165, 1.54) is 16.8 Å². The first kappa shape index (κ1) is 15.7. The van der Waals surface area contributed by atoms with Crippen molar-refractivity contribution in [3.05, 3.63) is 12.7 Å². The maximum Gasteiger partial charge on any atom is 0.392 e. The zero-order valence-electron chi connectivity index (χ0n) is 14.0. The largest absolute Gasteiger partial charge is 0.392 e. The van der Waals surface area contributed by atoms with E-state index in [1.54, 1.807) is 13.1 Å². The molecular weight excluding hydrogens is 294 g/mol. The second kappa shape index (κ2) is 5.79. The highest BCUT2D eigenvalue weighted by Crippen LogP contribution is 2.24. The molecule has 0 aromatic rings. The van der Waals surface area contributed by atoms with Gasteiger partial charge in [-0.05, 0) is 18.8 Å². The summed E-state index contributed by atoms with van der Waals surface area (Å²) in [5.41, 5.74) is 0. The van der Waals surface area contributed by atoms with E-state index < -0.39 is 6.04 Å². The molecule has 7 nitrogen and oxygen atoms in total. The first-order chi connectivity index (χ1) is 11.0. The normalized spacial score (nSPS) is 28.3. The monoisotopic (exact) mass is 318 g/mol. The lowest BCUT2D eigenvalue weighted by Crippen LogP contribution is -2.62. The molecule has 3 rings (SSSR count). The van der Waals surface area contributed by atoms with Gasteiger partial charge in [0.2, 0.25) is 11.9 Å². The van der Waals surface area contributed by atoms with Crippen LogP contribution in [0.25, 0.3) is 0 Å². The molecule has 0 bridgehead atoms. The molecule has 1 atom stereocenters. The van der Waals surface area contributed by atoms with E-state index >= 15 is 0 Å². The zero-order valence-corrected chi connectivity index (χ0v) is 14.0. The number of nitrogens with zero attached hydrogens (tertiary/aromatic N) is 5. The molecule has 124 valence electrons. The Morgan fingerprint density at radius 1 is 1.26 bits per heavy atom. The van der Waals surface area contributed by atoms with E-state index in [0.29, 0.717) is 18.3 Å². The first-order valence-corrected chi connectivity index (χ1v) is 8.09. The van der Waals surface area contributed by atoms with E-state index in [0.717, 1.165) is 31.9 Å². The van der Waals surface area contributed by atoms with Crippen molar-refractivity contribution in [3.63, 3.8) is 0 Å². The van der Waals surface area contributed by atoms with Crippen LogP contribution in [0, 0.1) is 5.92 Å². The second-order valence-electron chi connectivity index (χ2n) is 6.52. The zero-order chi connectivity index (χ0) is 16.7. The van der Waals surface area contributed by atoms with Gasteiger partial charge in [-0.25, -0.2) is 9.69 Å². The summed E-state index contributed by atoms with van der Waals surface area (Å²) in [6.07, 6.45) is 4.00. The highest BCUT2D eigenvalue weighted by molar-refractivity contribution is 6.25. The van der Waals surface area contributed by atoms with E-state index in [-0.39, 0.29) is 11.9 Å². The molecule has 2 saturated heterocycles. The molecule has 0 saturated carbocycles. The van der Waals surface area contributed by atoms with Crippen molar-refractivity contribution < 1.29 is 14.2 Å². The Bertz CT molecular complexity index is 614. The number of amidine groups is 1. The summed E-state index contributed by atoms with van der Waals surface area (Å²) < 4.78 is 2.22. The number of amides is 3. The van der Waals surface area contributed by atoms with Gasteiger partial charge in [-0.3, -0.25) is 19.2 Å². The number of imide groups is 1. The molecule has 2 fully saturated rings. The SMILES string of the molecule is C=CCN1C(=[N+]2CCC(C)CC2)N=C2C1C(=O)N(C)C(=O)N2C. The third-order valence-corrected chi connectivity index (χ3v) is 4.90. The molecule has 3 aliphatic rings. The topological polar surface area (TPSA) is 59.2 Å². The quantitative estimate of drug-likeness (QED) is 0.553. The van der Waals surface area contributed by atoms with Crippen LogP contribution in [0.5, 0.6) is 0 Å². The van der Waals surface area contributed by atoms with Crippen molar-refractivity contribution in [1.29, 1.82) is 0 Å². The van der Waals surface area contributed by atoms with Crippen molar-refractivity contribution in [3.8, 4) is 0 Å². The maximum absolute atomic E-state index is 12.6. The molecular formula is C16H24N5O2+. The number of likely N-dealkylation sites (N-methyl/N-ethyl adjacent to an activating group) is 2. The average molecular weight is 318 g/mol. The minimum absolute atomic E-state index is 0.228. The van der Waals surface area contributed by atoms with Gasteiger partial charge in [0.25, 0.3) is 5.91 Å². The van der Waals surface area contributed by atoms with Gasteiger partial charge in [0.15, 0.2) is 0 Å². The van der Waals surface area contributed by atoms with Crippen LogP contribution in [0.15, 0.2) is 17.6 Å². The maximum atomic E-state index is 12.6. The van der Waals surface area contributed by atoms with Gasteiger partial charge < -0.3 is 0 Å². The third-order valence-electron chi connectivity index (χ3n) is 4.90. The molecule has 1 unspecified atom stereocenters. The van der Waals surface area contributed by atoms with E-state index in [2.05, 4.69) is 23.1 Å². The lowest BCUT2D eigenvalue weighted by Gasteiger charge is -2.33. The molecule has 7 heteroatoms. The van der Waals surface area contributed by atoms with E-state index in [9.17, 15) is 9.59 Å². The molecule has 0 aromatic heterocycles. The number of hydrogen-bond donors (Lipinski definition) is 0. The Kier molecular flexibility index (Phi) is 3.95. The summed E-state index contributed by atoms with van der Waals surface area (Å²) in [5, 5.41) is 0. The number of piperidine rings is 1. The van der Waals surface area contributed by atoms with Crippen molar-refractivity contribution in [2.45, 2.75) is 25.8 Å². The molecule has 0 radical (unpaired) electrons. The Balaban J connectivity index is 2.03. The summed E-state index contributed by atoms with van der Waals surface area (Å²) >= 11 is 0. The van der Waals surface area contributed by atoms with E-state index in [1.807, 2.05) is 4.90 Å². The van der Waals surface area contributed by atoms with Gasteiger partial charge in [0, 0.05) is 14.1 Å². The highest BCUT2D eigenvalue weighted by Gasteiger charge is 2.54. The number of carbonyl (C=O) groups excluding carboxylic acids is 2. The van der Waals surface area contributed by atoms with Crippen LogP contribution in [-0.4, -0.2) is 82.8 Å². The van der Waals surface area contributed by atoms with Crippen LogP contribution < -0.4 is 0 Å². The van der Waals surface area contributed by atoms with Gasteiger partial charge in [0.05, 0.1) is 19.6 Å². The summed E-state index contributed by atoms with van der Waals surface area (Å²) in [6, 6.07) is -0.868. The Morgan fingerprint density at radius 3 is 2.52 bits per heavy atom. The predicted octanol–water partition coefficient (Wildman–Crippen LogP) is 0.577. The third kappa shape index (κ3) is 2.44. The number of fused-ring (bicyclic) bond motifs is 1. The van der Waals surface area contributed by atoms with Crippen LogP contribution in [0.1, 0.15) is 19.8 Å². The van der Waals surface area contributed by atoms with Crippen molar-refractivity contribution in [1.82, 2.24) is 14.7 Å². The molecule has 0 aliphatic carbocycles. The minimum atomic E-state index is -0.532. The summed E-state index contributed by atoms with van der Waals surface area (Å²) in [7, 11) is 3.19. The summed E-state index contributed by atoms with van der Waals surface area (Å²) in [6.45, 7) is 8.44. The van der Waals surface area contributed by atoms with Gasteiger partial charge in [0.1, 0.15) is 0 Å². The molecule has 0 spiro atoms. The molecule has 0 N–H and O–H groups in total. The number of aliphatic imine (C=N–C) groups is 1. The van der Waals surface area contributed by atoms with Crippen LogP contribution in [0.4, 0.5) is 4.79 Å². The molecule has 3 aliphatic heterocycles. The number of rotatable bonds is 2. The van der Waals surface area contributed by atoms with Crippen LogP contribution in [0.3, 0.4) is 0 Å². The van der Waals surface area contributed by atoms with Crippen LogP contribution >= 0.6 is 0 Å². The summed E-state index contributed by atoms with van der Waals surface area (Å²) in [5.74, 6) is 1.80. The lowest BCUT2D eigenvalue weighted by molar-refractivity contribution is -0.545. The smallest absolute Gasteiger partial charge is 0.270 e.